The molecule has 0 heterocycles. The molecule has 0 aliphatic carbocycles. The normalized spacial score (nSPS) is 14.0. The van der Waals surface area contributed by atoms with Gasteiger partial charge in [0, 0.05) is 0 Å². The summed E-state index contributed by atoms with van der Waals surface area (Å²) in [5, 5.41) is 0. The van der Waals surface area contributed by atoms with Crippen LogP contribution in [0.1, 0.15) is 20.8 Å². The summed E-state index contributed by atoms with van der Waals surface area (Å²) < 4.78 is 0. The van der Waals surface area contributed by atoms with Gasteiger partial charge in [0.15, 0.2) is 0 Å². The van der Waals surface area contributed by atoms with Gasteiger partial charge in [-0.05, 0) is 0 Å². The molecule has 0 unspecified atom stereocenters. The predicted molar refractivity (Wildman–Crippen MR) is 45.9 cm³/mol. The summed E-state index contributed by atoms with van der Waals surface area (Å²) in [6.07, 6.45) is 4.38. The van der Waals surface area contributed by atoms with Gasteiger partial charge in [0.25, 0.3) is 0 Å². The zero-order valence-corrected chi connectivity index (χ0v) is 7.62. The third-order valence-corrected chi connectivity index (χ3v) is 7.68. The Labute approximate surface area is 54.0 Å². The van der Waals surface area contributed by atoms with E-state index < -0.39 is 7.26 Å². The fourth-order valence-corrected chi connectivity index (χ4v) is 2.25. The van der Waals surface area contributed by atoms with Crippen LogP contribution in [0, 0.1) is 0 Å². The topological polar surface area (TPSA) is 0 Å². The molecule has 0 N–H and O–H groups in total. The van der Waals surface area contributed by atoms with Gasteiger partial charge in [0.05, 0.1) is 0 Å². The van der Waals surface area contributed by atoms with E-state index in [1.807, 2.05) is 0 Å². The Kier molecular flexibility index (Phi) is 3.64. The van der Waals surface area contributed by atoms with Crippen LogP contribution in [0.3, 0.4) is 0 Å². The molecule has 0 saturated heterocycles. The first-order valence-electron chi connectivity index (χ1n) is 3.68. The molecule has 0 saturated carbocycles. The quantitative estimate of drug-likeness (QED) is 0.520. The molecule has 0 atom stereocenters. The van der Waals surface area contributed by atoms with Crippen molar-refractivity contribution in [1.29, 1.82) is 0 Å². The van der Waals surface area contributed by atoms with Crippen molar-refractivity contribution in [3.8, 4) is 0 Å². The third kappa shape index (κ3) is 2.13. The van der Waals surface area contributed by atoms with Crippen LogP contribution in [0.25, 0.3) is 0 Å². The molecule has 8 heavy (non-hydrogen) atoms. The Bertz CT molecular complexity index is 47.1. The molecule has 0 bridgehead atoms. The Hall–Kier alpha value is 0.430. The Balaban J connectivity index is 3.58. The molecule has 0 nitrogen and oxygen atoms in total. The van der Waals surface area contributed by atoms with Crippen LogP contribution in [0.5, 0.6) is 0 Å². The summed E-state index contributed by atoms with van der Waals surface area (Å²) in [5.41, 5.74) is 0. The van der Waals surface area contributed by atoms with Gasteiger partial charge in [-0.2, -0.15) is 0 Å². The van der Waals surface area contributed by atoms with E-state index in [4.69, 9.17) is 0 Å². The van der Waals surface area contributed by atoms with Crippen molar-refractivity contribution in [1.82, 2.24) is 0 Å². The van der Waals surface area contributed by atoms with Gasteiger partial charge >= 0.3 is 53.2 Å². The Morgan fingerprint density at radius 3 is 1.12 bits per heavy atom. The molecule has 0 aliphatic heterocycles. The fraction of sp³-hybridized carbons (Fsp3) is 1.00. The van der Waals surface area contributed by atoms with Gasteiger partial charge in [0.1, 0.15) is 0 Å². The second kappa shape index (κ2) is 3.45. The standard InChI is InChI=1S/C7H19P/c1-5-8(4,6-2)7-3/h8H,5-7H2,1-4H3. The summed E-state index contributed by atoms with van der Waals surface area (Å²) in [7, 11) is -0.671. The summed E-state index contributed by atoms with van der Waals surface area (Å²) in [6.45, 7) is 9.49. The van der Waals surface area contributed by atoms with Crippen LogP contribution in [0.2, 0.25) is 0 Å². The first-order chi connectivity index (χ1) is 3.68. The Morgan fingerprint density at radius 2 is 1.12 bits per heavy atom. The molecule has 0 fully saturated rings. The second-order valence-electron chi connectivity index (χ2n) is 2.87. The van der Waals surface area contributed by atoms with Gasteiger partial charge in [-0.3, -0.25) is 0 Å². The number of hydrogen-bond acceptors (Lipinski definition) is 0. The molecule has 1 heteroatoms. The average molecular weight is 134 g/mol. The van der Waals surface area contributed by atoms with Crippen molar-refractivity contribution in [2.75, 3.05) is 25.2 Å². The number of rotatable bonds is 3. The van der Waals surface area contributed by atoms with Crippen LogP contribution in [0.4, 0.5) is 0 Å². The van der Waals surface area contributed by atoms with E-state index in [0.717, 1.165) is 0 Å². The van der Waals surface area contributed by atoms with E-state index in [-0.39, 0.29) is 0 Å². The molecular weight excluding hydrogens is 115 g/mol. The minimum absolute atomic E-state index is 0.671. The van der Waals surface area contributed by atoms with Crippen LogP contribution in [0.15, 0.2) is 0 Å². The molecule has 0 rings (SSSR count). The average Bonchev–Trinajstić information content (AvgIpc) is 1.87. The van der Waals surface area contributed by atoms with E-state index in [0.29, 0.717) is 0 Å². The predicted octanol–water partition coefficient (Wildman–Crippen LogP) is 2.43. The molecule has 0 aliphatic rings. The van der Waals surface area contributed by atoms with Gasteiger partial charge in [-0.1, -0.05) is 0 Å². The molecule has 0 radical (unpaired) electrons. The van der Waals surface area contributed by atoms with Crippen LogP contribution >= 0.6 is 7.26 Å². The minimum atomic E-state index is -0.671. The van der Waals surface area contributed by atoms with Crippen molar-refractivity contribution in [2.45, 2.75) is 20.8 Å². The van der Waals surface area contributed by atoms with Crippen LogP contribution in [-0.4, -0.2) is 25.2 Å². The summed E-state index contributed by atoms with van der Waals surface area (Å²) in [6, 6.07) is 0. The van der Waals surface area contributed by atoms with Gasteiger partial charge in [-0.15, -0.1) is 0 Å². The van der Waals surface area contributed by atoms with Crippen molar-refractivity contribution >= 4 is 7.26 Å². The molecule has 52 valence electrons. The molecule has 0 aromatic carbocycles. The maximum absolute atomic E-state index is 2.49. The van der Waals surface area contributed by atoms with Crippen molar-refractivity contribution in [3.63, 3.8) is 0 Å². The first-order valence-corrected chi connectivity index (χ1v) is 6.80. The van der Waals surface area contributed by atoms with Gasteiger partial charge in [-0.25, -0.2) is 0 Å². The van der Waals surface area contributed by atoms with Crippen LogP contribution in [-0.2, 0) is 0 Å². The zero-order chi connectivity index (χ0) is 6.62. The van der Waals surface area contributed by atoms with Crippen molar-refractivity contribution in [2.24, 2.45) is 0 Å². The fourth-order valence-electron chi connectivity index (χ4n) is 0.750. The van der Waals surface area contributed by atoms with E-state index in [9.17, 15) is 0 Å². The third-order valence-electron chi connectivity index (χ3n) is 2.56. The SMILES string of the molecule is CC[PH](C)(CC)CC. The zero-order valence-electron chi connectivity index (χ0n) is 6.62. The second-order valence-corrected chi connectivity index (χ2v) is 8.61. The van der Waals surface area contributed by atoms with Crippen molar-refractivity contribution in [3.05, 3.63) is 0 Å². The molecule has 0 amide bonds. The van der Waals surface area contributed by atoms with E-state index in [1.54, 1.807) is 0 Å². The van der Waals surface area contributed by atoms with Crippen molar-refractivity contribution < 1.29 is 0 Å². The monoisotopic (exact) mass is 134 g/mol. The molecule has 0 aromatic rings. The molecule has 0 aromatic heterocycles. The summed E-state index contributed by atoms with van der Waals surface area (Å²) in [4.78, 5) is 0. The number of hydrogen-bond donors (Lipinski definition) is 0. The maximum atomic E-state index is 2.49. The Morgan fingerprint density at radius 1 is 0.875 bits per heavy atom. The van der Waals surface area contributed by atoms with E-state index in [2.05, 4.69) is 27.4 Å². The van der Waals surface area contributed by atoms with Gasteiger partial charge in [0.2, 0.25) is 0 Å². The first kappa shape index (κ1) is 8.43. The van der Waals surface area contributed by atoms with E-state index in [1.165, 1.54) is 18.5 Å². The molecule has 0 spiro atoms. The van der Waals surface area contributed by atoms with Crippen LogP contribution < -0.4 is 0 Å². The van der Waals surface area contributed by atoms with Gasteiger partial charge < -0.3 is 0 Å². The molecular formula is C7H19P. The summed E-state index contributed by atoms with van der Waals surface area (Å²) in [5.74, 6) is 0. The summed E-state index contributed by atoms with van der Waals surface area (Å²) >= 11 is 0. The van der Waals surface area contributed by atoms with E-state index >= 15 is 0 Å².